The molecule has 1 unspecified atom stereocenters. The first-order valence-electron chi connectivity index (χ1n) is 7.27. The first-order chi connectivity index (χ1) is 11.0. The summed E-state index contributed by atoms with van der Waals surface area (Å²) in [5, 5.41) is 3.47. The zero-order valence-electron chi connectivity index (χ0n) is 13.4. The van der Waals surface area contributed by atoms with Gasteiger partial charge in [-0.25, -0.2) is 4.79 Å². The average molecular weight is 334 g/mol. The highest BCUT2D eigenvalue weighted by molar-refractivity contribution is 6.30. The van der Waals surface area contributed by atoms with Crippen LogP contribution in [-0.2, 0) is 6.54 Å². The molecule has 1 aromatic carbocycles. The minimum Gasteiger partial charge on any atom is -0.496 e. The van der Waals surface area contributed by atoms with E-state index >= 15 is 0 Å². The maximum absolute atomic E-state index is 12.3. The number of carbonyl (C=O) groups is 1. The molecule has 0 fully saturated rings. The number of nitrogens with one attached hydrogen (secondary N) is 1. The third kappa shape index (κ3) is 4.36. The quantitative estimate of drug-likeness (QED) is 0.908. The lowest BCUT2D eigenvalue weighted by atomic mass is 10.2. The molecule has 1 aromatic heterocycles. The molecule has 1 N–H and O–H groups in total. The third-order valence-electron chi connectivity index (χ3n) is 3.70. The van der Waals surface area contributed by atoms with Gasteiger partial charge in [-0.2, -0.15) is 0 Å². The first-order valence-corrected chi connectivity index (χ1v) is 7.64. The average Bonchev–Trinajstić information content (AvgIpc) is 2.59. The molecule has 0 aliphatic rings. The second kappa shape index (κ2) is 7.83. The van der Waals surface area contributed by atoms with Gasteiger partial charge in [0.1, 0.15) is 5.75 Å². The minimum absolute atomic E-state index is 0.122. The number of aromatic nitrogens is 1. The van der Waals surface area contributed by atoms with Crippen molar-refractivity contribution >= 4 is 17.6 Å². The molecule has 5 nitrogen and oxygen atoms in total. The Balaban J connectivity index is 1.99. The van der Waals surface area contributed by atoms with Crippen LogP contribution in [0.5, 0.6) is 5.75 Å². The van der Waals surface area contributed by atoms with Crippen molar-refractivity contribution < 1.29 is 9.53 Å². The van der Waals surface area contributed by atoms with Crippen LogP contribution in [0.15, 0.2) is 42.6 Å². The number of rotatable bonds is 5. The van der Waals surface area contributed by atoms with Crippen molar-refractivity contribution in [2.75, 3.05) is 14.2 Å². The number of amides is 2. The number of pyridine rings is 1. The molecule has 122 valence electrons. The van der Waals surface area contributed by atoms with Gasteiger partial charge in [-0.15, -0.1) is 0 Å². The van der Waals surface area contributed by atoms with Gasteiger partial charge in [0.2, 0.25) is 0 Å². The van der Waals surface area contributed by atoms with Crippen molar-refractivity contribution in [3.63, 3.8) is 0 Å². The van der Waals surface area contributed by atoms with E-state index in [-0.39, 0.29) is 12.1 Å². The molecule has 0 saturated heterocycles. The maximum atomic E-state index is 12.3. The highest BCUT2D eigenvalue weighted by Gasteiger charge is 2.18. The number of carbonyl (C=O) groups excluding carboxylic acids is 1. The normalized spacial score (nSPS) is 11.7. The van der Waals surface area contributed by atoms with E-state index in [1.165, 1.54) is 0 Å². The van der Waals surface area contributed by atoms with Crippen molar-refractivity contribution in [1.29, 1.82) is 0 Å². The van der Waals surface area contributed by atoms with Crippen molar-refractivity contribution in [3.05, 3.63) is 58.9 Å². The van der Waals surface area contributed by atoms with Gasteiger partial charge in [0, 0.05) is 30.4 Å². The number of ether oxygens (including phenoxy) is 1. The summed E-state index contributed by atoms with van der Waals surface area (Å²) < 4.78 is 5.28. The largest absolute Gasteiger partial charge is 0.496 e. The predicted molar refractivity (Wildman–Crippen MR) is 90.7 cm³/mol. The predicted octanol–water partition coefficient (Wildman–Crippen LogP) is 3.65. The molecule has 0 radical (unpaired) electrons. The van der Waals surface area contributed by atoms with E-state index in [2.05, 4.69) is 10.3 Å². The summed E-state index contributed by atoms with van der Waals surface area (Å²) in [5.41, 5.74) is 1.71. The molecule has 0 aliphatic heterocycles. The molecule has 0 spiro atoms. The van der Waals surface area contributed by atoms with Crippen molar-refractivity contribution in [3.8, 4) is 5.75 Å². The molecule has 2 rings (SSSR count). The van der Waals surface area contributed by atoms with E-state index in [0.29, 0.717) is 17.3 Å². The van der Waals surface area contributed by atoms with Crippen LogP contribution in [-0.4, -0.2) is 30.1 Å². The smallest absolute Gasteiger partial charge is 0.317 e. The first kappa shape index (κ1) is 17.1. The van der Waals surface area contributed by atoms with Gasteiger partial charge in [0.25, 0.3) is 0 Å². The minimum atomic E-state index is -0.180. The second-order valence-corrected chi connectivity index (χ2v) is 5.59. The van der Waals surface area contributed by atoms with Crippen LogP contribution in [0.1, 0.15) is 24.2 Å². The highest BCUT2D eigenvalue weighted by Crippen LogP contribution is 2.23. The summed E-state index contributed by atoms with van der Waals surface area (Å²) in [5.74, 6) is 0.651. The second-order valence-electron chi connectivity index (χ2n) is 5.16. The Morgan fingerprint density at radius 1 is 1.39 bits per heavy atom. The zero-order chi connectivity index (χ0) is 16.8. The summed E-state index contributed by atoms with van der Waals surface area (Å²) in [6.07, 6.45) is 1.72. The number of nitrogens with zero attached hydrogens (tertiary/aromatic N) is 2. The monoisotopic (exact) mass is 333 g/mol. The van der Waals surface area contributed by atoms with Crippen molar-refractivity contribution in [1.82, 2.24) is 15.2 Å². The number of benzene rings is 1. The number of halogens is 1. The van der Waals surface area contributed by atoms with E-state index in [1.807, 2.05) is 31.2 Å². The number of hydrogen-bond donors (Lipinski definition) is 1. The fourth-order valence-electron chi connectivity index (χ4n) is 2.16. The Morgan fingerprint density at radius 3 is 2.83 bits per heavy atom. The summed E-state index contributed by atoms with van der Waals surface area (Å²) in [4.78, 5) is 18.2. The molecule has 1 atom stereocenters. The summed E-state index contributed by atoms with van der Waals surface area (Å²) >= 11 is 5.94. The zero-order valence-corrected chi connectivity index (χ0v) is 14.2. The van der Waals surface area contributed by atoms with Crippen LogP contribution in [0, 0.1) is 0 Å². The molecule has 23 heavy (non-hydrogen) atoms. The van der Waals surface area contributed by atoms with Crippen LogP contribution in [0.2, 0.25) is 5.02 Å². The van der Waals surface area contributed by atoms with Gasteiger partial charge in [0.05, 0.1) is 18.8 Å². The van der Waals surface area contributed by atoms with E-state index in [0.717, 1.165) is 11.3 Å². The topological polar surface area (TPSA) is 54.5 Å². The molecule has 6 heteroatoms. The lowest BCUT2D eigenvalue weighted by Crippen LogP contribution is -2.38. The summed E-state index contributed by atoms with van der Waals surface area (Å²) in [7, 11) is 3.32. The molecule has 2 aromatic rings. The van der Waals surface area contributed by atoms with E-state index in [9.17, 15) is 4.79 Å². The fourth-order valence-corrected chi connectivity index (χ4v) is 2.32. The molecular weight excluding hydrogens is 314 g/mol. The van der Waals surface area contributed by atoms with Crippen LogP contribution in [0.4, 0.5) is 4.79 Å². The maximum Gasteiger partial charge on any atom is 0.317 e. The van der Waals surface area contributed by atoms with Crippen LogP contribution in [0.25, 0.3) is 0 Å². The molecular formula is C17H20ClN3O2. The van der Waals surface area contributed by atoms with Crippen LogP contribution in [0.3, 0.4) is 0 Å². The summed E-state index contributed by atoms with van der Waals surface area (Å²) in [6.45, 7) is 2.29. The van der Waals surface area contributed by atoms with Gasteiger partial charge >= 0.3 is 6.03 Å². The Hall–Kier alpha value is -2.27. The molecule has 2 amide bonds. The van der Waals surface area contributed by atoms with Gasteiger partial charge in [-0.05, 0) is 31.2 Å². The number of hydrogen-bond acceptors (Lipinski definition) is 3. The molecule has 0 saturated carbocycles. The number of methoxy groups -OCH3 is 1. The number of urea groups is 1. The standard InChI is InChI=1S/C17H20ClN3O2/c1-12(15-6-4-5-9-19-15)21(2)17(22)20-11-13-7-8-14(18)10-16(13)23-3/h4-10,12H,11H2,1-3H3,(H,20,22). The molecule has 0 aliphatic carbocycles. The van der Waals surface area contributed by atoms with Crippen LogP contribution >= 0.6 is 11.6 Å². The SMILES string of the molecule is COc1cc(Cl)ccc1CNC(=O)N(C)C(C)c1ccccn1. The van der Waals surface area contributed by atoms with E-state index < -0.39 is 0 Å². The van der Waals surface area contributed by atoms with Gasteiger partial charge in [0.15, 0.2) is 0 Å². The van der Waals surface area contributed by atoms with E-state index in [4.69, 9.17) is 16.3 Å². The lowest BCUT2D eigenvalue weighted by Gasteiger charge is -2.25. The Kier molecular flexibility index (Phi) is 5.82. The van der Waals surface area contributed by atoms with Gasteiger partial charge < -0.3 is 15.0 Å². The summed E-state index contributed by atoms with van der Waals surface area (Å²) in [6, 6.07) is 10.7. The fraction of sp³-hybridized carbons (Fsp3) is 0.294. The van der Waals surface area contributed by atoms with Crippen molar-refractivity contribution in [2.45, 2.75) is 19.5 Å². The third-order valence-corrected chi connectivity index (χ3v) is 3.93. The lowest BCUT2D eigenvalue weighted by molar-refractivity contribution is 0.193. The van der Waals surface area contributed by atoms with E-state index in [1.54, 1.807) is 37.4 Å². The van der Waals surface area contributed by atoms with Crippen molar-refractivity contribution in [2.24, 2.45) is 0 Å². The Morgan fingerprint density at radius 2 is 2.17 bits per heavy atom. The molecule has 1 heterocycles. The Bertz CT molecular complexity index is 664. The van der Waals surface area contributed by atoms with Crippen LogP contribution < -0.4 is 10.1 Å². The Labute approximate surface area is 141 Å². The highest BCUT2D eigenvalue weighted by atomic mass is 35.5. The van der Waals surface area contributed by atoms with Gasteiger partial charge in [-0.1, -0.05) is 23.7 Å². The van der Waals surface area contributed by atoms with Gasteiger partial charge in [-0.3, -0.25) is 4.98 Å². The molecule has 0 bridgehead atoms.